The van der Waals surface area contributed by atoms with Crippen molar-refractivity contribution in [1.29, 1.82) is 0 Å². The molecule has 0 saturated heterocycles. The summed E-state index contributed by atoms with van der Waals surface area (Å²) in [5, 5.41) is 3.06. The number of hydrogen-bond acceptors (Lipinski definition) is 2. The first-order valence-electron chi connectivity index (χ1n) is 4.34. The van der Waals surface area contributed by atoms with Crippen molar-refractivity contribution in [3.05, 3.63) is 42.6 Å². The van der Waals surface area contributed by atoms with Gasteiger partial charge >= 0.3 is 0 Å². The van der Waals surface area contributed by atoms with E-state index in [1.54, 1.807) is 13.3 Å². The molecule has 0 bridgehead atoms. The minimum atomic E-state index is 0.893. The third-order valence-electron chi connectivity index (χ3n) is 1.88. The minimum Gasteiger partial charge on any atom is -0.496 e. The van der Waals surface area contributed by atoms with Crippen molar-refractivity contribution in [2.45, 2.75) is 6.42 Å². The Kier molecular flexibility index (Phi) is 3.89. The summed E-state index contributed by atoms with van der Waals surface area (Å²) in [6.45, 7) is 4.48. The van der Waals surface area contributed by atoms with E-state index in [4.69, 9.17) is 4.74 Å². The molecule has 1 rings (SSSR count). The summed E-state index contributed by atoms with van der Waals surface area (Å²) in [5.41, 5.74) is 1.22. The highest BCUT2D eigenvalue weighted by Gasteiger charge is 1.99. The van der Waals surface area contributed by atoms with Gasteiger partial charge in [0.05, 0.1) is 7.11 Å². The number of nitrogens with one attached hydrogen (secondary N) is 1. The Morgan fingerprint density at radius 1 is 1.46 bits per heavy atom. The topological polar surface area (TPSA) is 21.3 Å². The summed E-state index contributed by atoms with van der Waals surface area (Å²) in [7, 11) is 1.69. The van der Waals surface area contributed by atoms with Crippen molar-refractivity contribution in [2.24, 2.45) is 0 Å². The van der Waals surface area contributed by atoms with E-state index in [1.807, 2.05) is 18.2 Å². The fraction of sp³-hybridized carbons (Fsp3) is 0.273. The predicted octanol–water partition coefficient (Wildman–Crippen LogP) is 1.97. The Hall–Kier alpha value is -1.44. The molecule has 0 atom stereocenters. The first-order valence-corrected chi connectivity index (χ1v) is 4.34. The van der Waals surface area contributed by atoms with Crippen LogP contribution in [-0.4, -0.2) is 13.7 Å². The van der Waals surface area contributed by atoms with Crippen LogP contribution >= 0.6 is 0 Å². The normalized spacial score (nSPS) is 9.31. The molecule has 1 aromatic rings. The van der Waals surface area contributed by atoms with Crippen molar-refractivity contribution in [2.75, 3.05) is 13.7 Å². The first kappa shape index (κ1) is 9.65. The number of rotatable bonds is 5. The fourth-order valence-electron chi connectivity index (χ4n) is 1.22. The number of ether oxygens (including phenoxy) is 1. The van der Waals surface area contributed by atoms with Crippen molar-refractivity contribution >= 4 is 0 Å². The molecule has 0 saturated carbocycles. The lowest BCUT2D eigenvalue weighted by atomic mass is 10.1. The highest BCUT2D eigenvalue weighted by atomic mass is 16.5. The molecule has 0 heterocycles. The summed E-state index contributed by atoms with van der Waals surface area (Å²) in [6.07, 6.45) is 2.66. The number of methoxy groups -OCH3 is 1. The maximum Gasteiger partial charge on any atom is 0.122 e. The van der Waals surface area contributed by atoms with Crippen LogP contribution in [0, 0.1) is 0 Å². The van der Waals surface area contributed by atoms with Gasteiger partial charge in [0.1, 0.15) is 5.75 Å². The van der Waals surface area contributed by atoms with Gasteiger partial charge in [0.2, 0.25) is 0 Å². The van der Waals surface area contributed by atoms with Crippen LogP contribution < -0.4 is 10.1 Å². The second kappa shape index (κ2) is 5.25. The maximum atomic E-state index is 5.22. The van der Waals surface area contributed by atoms with Gasteiger partial charge in [-0.1, -0.05) is 24.8 Å². The van der Waals surface area contributed by atoms with Crippen LogP contribution in [0.4, 0.5) is 0 Å². The highest BCUT2D eigenvalue weighted by molar-refractivity contribution is 5.33. The van der Waals surface area contributed by atoms with Gasteiger partial charge in [-0.2, -0.15) is 0 Å². The molecule has 1 aromatic carbocycles. The molecular weight excluding hydrogens is 162 g/mol. The molecule has 0 aliphatic heterocycles. The van der Waals surface area contributed by atoms with E-state index < -0.39 is 0 Å². The summed E-state index contributed by atoms with van der Waals surface area (Å²) >= 11 is 0. The lowest BCUT2D eigenvalue weighted by molar-refractivity contribution is 0.409. The third-order valence-corrected chi connectivity index (χ3v) is 1.88. The van der Waals surface area contributed by atoms with E-state index in [0.717, 1.165) is 18.7 Å². The fourth-order valence-corrected chi connectivity index (χ4v) is 1.22. The van der Waals surface area contributed by atoms with Crippen LogP contribution in [0.3, 0.4) is 0 Å². The molecule has 0 aliphatic carbocycles. The standard InChI is InChI=1S/C11H15NO/c1-3-12-9-8-10-6-4-5-7-11(10)13-2/h3-7,12H,1,8-9H2,2H3. The van der Waals surface area contributed by atoms with Crippen LogP contribution in [-0.2, 0) is 6.42 Å². The minimum absolute atomic E-state index is 0.893. The highest BCUT2D eigenvalue weighted by Crippen LogP contribution is 2.16. The Morgan fingerprint density at radius 3 is 2.92 bits per heavy atom. The van der Waals surface area contributed by atoms with E-state index >= 15 is 0 Å². The number of benzene rings is 1. The van der Waals surface area contributed by atoms with E-state index in [-0.39, 0.29) is 0 Å². The Balaban J connectivity index is 2.58. The molecule has 0 aliphatic rings. The van der Waals surface area contributed by atoms with Crippen LogP contribution in [0.2, 0.25) is 0 Å². The number of hydrogen-bond donors (Lipinski definition) is 1. The number of para-hydroxylation sites is 1. The monoisotopic (exact) mass is 177 g/mol. The average molecular weight is 177 g/mol. The Bertz CT molecular complexity index is 271. The van der Waals surface area contributed by atoms with Gasteiger partial charge in [0, 0.05) is 6.54 Å². The molecule has 2 heteroatoms. The van der Waals surface area contributed by atoms with Gasteiger partial charge < -0.3 is 10.1 Å². The van der Waals surface area contributed by atoms with Crippen LogP contribution in [0.25, 0.3) is 0 Å². The summed E-state index contributed by atoms with van der Waals surface area (Å²) in [4.78, 5) is 0. The maximum absolute atomic E-state index is 5.22. The largest absolute Gasteiger partial charge is 0.496 e. The summed E-state index contributed by atoms with van der Waals surface area (Å²) in [6, 6.07) is 8.04. The van der Waals surface area contributed by atoms with Gasteiger partial charge in [-0.15, -0.1) is 0 Å². The molecule has 0 amide bonds. The van der Waals surface area contributed by atoms with Crippen molar-refractivity contribution in [3.63, 3.8) is 0 Å². The Labute approximate surface area is 79.2 Å². The van der Waals surface area contributed by atoms with Crippen molar-refractivity contribution < 1.29 is 4.74 Å². The lowest BCUT2D eigenvalue weighted by Crippen LogP contribution is -2.09. The molecule has 1 N–H and O–H groups in total. The molecular formula is C11H15NO. The second-order valence-electron chi connectivity index (χ2n) is 2.72. The molecule has 0 fully saturated rings. The van der Waals surface area contributed by atoms with Gasteiger partial charge in [-0.3, -0.25) is 0 Å². The zero-order valence-electron chi connectivity index (χ0n) is 7.92. The molecule has 13 heavy (non-hydrogen) atoms. The predicted molar refractivity (Wildman–Crippen MR) is 54.9 cm³/mol. The van der Waals surface area contributed by atoms with E-state index in [9.17, 15) is 0 Å². The van der Waals surface area contributed by atoms with Crippen LogP contribution in [0.1, 0.15) is 5.56 Å². The van der Waals surface area contributed by atoms with E-state index in [1.165, 1.54) is 5.56 Å². The Morgan fingerprint density at radius 2 is 2.23 bits per heavy atom. The van der Waals surface area contributed by atoms with E-state index in [2.05, 4.69) is 18.0 Å². The van der Waals surface area contributed by atoms with Gasteiger partial charge in [-0.25, -0.2) is 0 Å². The van der Waals surface area contributed by atoms with Crippen LogP contribution in [0.5, 0.6) is 5.75 Å². The molecule has 0 radical (unpaired) electrons. The second-order valence-corrected chi connectivity index (χ2v) is 2.72. The quantitative estimate of drug-likeness (QED) is 0.694. The molecule has 0 aromatic heterocycles. The smallest absolute Gasteiger partial charge is 0.122 e. The van der Waals surface area contributed by atoms with Crippen molar-refractivity contribution in [1.82, 2.24) is 5.32 Å². The third kappa shape index (κ3) is 2.82. The first-order chi connectivity index (χ1) is 6.38. The van der Waals surface area contributed by atoms with E-state index in [0.29, 0.717) is 0 Å². The molecule has 0 spiro atoms. The van der Waals surface area contributed by atoms with Gasteiger partial charge in [0.25, 0.3) is 0 Å². The SMILES string of the molecule is C=CNCCc1ccccc1OC. The zero-order chi connectivity index (χ0) is 9.52. The van der Waals surface area contributed by atoms with Crippen LogP contribution in [0.15, 0.2) is 37.0 Å². The van der Waals surface area contributed by atoms with Gasteiger partial charge in [-0.05, 0) is 24.3 Å². The molecule has 0 unspecified atom stereocenters. The zero-order valence-corrected chi connectivity index (χ0v) is 7.92. The summed E-state index contributed by atoms with van der Waals surface area (Å²) in [5.74, 6) is 0.952. The van der Waals surface area contributed by atoms with Crippen molar-refractivity contribution in [3.8, 4) is 5.75 Å². The van der Waals surface area contributed by atoms with Gasteiger partial charge in [0.15, 0.2) is 0 Å². The summed E-state index contributed by atoms with van der Waals surface area (Å²) < 4.78 is 5.22. The molecule has 2 nitrogen and oxygen atoms in total. The average Bonchev–Trinajstić information content (AvgIpc) is 2.19. The lowest BCUT2D eigenvalue weighted by Gasteiger charge is -2.07. The molecule has 70 valence electrons.